The molecule has 0 amide bonds. The summed E-state index contributed by atoms with van der Waals surface area (Å²) in [7, 11) is 0. The zero-order valence-electron chi connectivity index (χ0n) is 9.73. The standard InChI is InChI=1S/C10H16N6O/c1-2-17-5-3-4-12-8-7-9(14-6-13-7)16-10(11)15-8/h6H,2-5H2,1H3,(H4,11,12,13,14,15,16). The minimum Gasteiger partial charge on any atom is -0.382 e. The SMILES string of the molecule is CCOCCCNc1nc(N)nc2[nH]cnc12. The second kappa shape index (κ2) is 5.44. The molecule has 0 aliphatic rings. The lowest BCUT2D eigenvalue weighted by atomic mass is 10.4. The molecule has 92 valence electrons. The Kier molecular flexibility index (Phi) is 3.71. The predicted octanol–water partition coefficient (Wildman–Crippen LogP) is 0.774. The molecule has 2 aromatic heterocycles. The van der Waals surface area contributed by atoms with Gasteiger partial charge in [-0.25, -0.2) is 4.98 Å². The number of rotatable bonds is 6. The average molecular weight is 236 g/mol. The van der Waals surface area contributed by atoms with Crippen LogP contribution in [0.5, 0.6) is 0 Å². The van der Waals surface area contributed by atoms with Gasteiger partial charge in [-0.1, -0.05) is 0 Å². The zero-order chi connectivity index (χ0) is 12.1. The molecule has 0 aliphatic heterocycles. The average Bonchev–Trinajstić information content (AvgIpc) is 2.76. The zero-order valence-corrected chi connectivity index (χ0v) is 9.73. The van der Waals surface area contributed by atoms with E-state index in [2.05, 4.69) is 25.3 Å². The lowest BCUT2D eigenvalue weighted by Crippen LogP contribution is -2.09. The molecule has 7 heteroatoms. The Morgan fingerprint density at radius 3 is 3.18 bits per heavy atom. The van der Waals surface area contributed by atoms with Gasteiger partial charge in [-0.2, -0.15) is 9.97 Å². The molecule has 0 aromatic carbocycles. The van der Waals surface area contributed by atoms with Gasteiger partial charge in [-0.3, -0.25) is 0 Å². The molecule has 4 N–H and O–H groups in total. The molecular formula is C10H16N6O. The maximum absolute atomic E-state index is 5.60. The van der Waals surface area contributed by atoms with E-state index in [1.165, 1.54) is 0 Å². The van der Waals surface area contributed by atoms with Crippen molar-refractivity contribution in [2.75, 3.05) is 30.8 Å². The van der Waals surface area contributed by atoms with E-state index in [9.17, 15) is 0 Å². The molecule has 0 spiro atoms. The summed E-state index contributed by atoms with van der Waals surface area (Å²) < 4.78 is 5.25. The summed E-state index contributed by atoms with van der Waals surface area (Å²) in [4.78, 5) is 15.2. The van der Waals surface area contributed by atoms with Crippen LogP contribution in [0.1, 0.15) is 13.3 Å². The highest BCUT2D eigenvalue weighted by Crippen LogP contribution is 2.16. The van der Waals surface area contributed by atoms with Crippen molar-refractivity contribution in [2.24, 2.45) is 0 Å². The Labute approximate surface area is 98.8 Å². The Hall–Kier alpha value is -1.89. The Morgan fingerprint density at radius 1 is 1.47 bits per heavy atom. The number of nitrogens with zero attached hydrogens (tertiary/aromatic N) is 3. The number of anilines is 2. The van der Waals surface area contributed by atoms with E-state index in [-0.39, 0.29) is 5.95 Å². The highest BCUT2D eigenvalue weighted by atomic mass is 16.5. The minimum atomic E-state index is 0.231. The molecule has 0 fully saturated rings. The van der Waals surface area contributed by atoms with Gasteiger partial charge in [0.25, 0.3) is 0 Å². The topological polar surface area (TPSA) is 102 Å². The maximum Gasteiger partial charge on any atom is 0.224 e. The summed E-state index contributed by atoms with van der Waals surface area (Å²) in [5, 5.41) is 3.18. The molecule has 2 aromatic rings. The highest BCUT2D eigenvalue weighted by Gasteiger charge is 2.07. The van der Waals surface area contributed by atoms with Crippen molar-refractivity contribution in [2.45, 2.75) is 13.3 Å². The van der Waals surface area contributed by atoms with Crippen LogP contribution in [-0.4, -0.2) is 39.7 Å². The highest BCUT2D eigenvalue weighted by molar-refractivity contribution is 5.83. The molecule has 0 saturated heterocycles. The summed E-state index contributed by atoms with van der Waals surface area (Å²) in [5.41, 5.74) is 6.95. The van der Waals surface area contributed by atoms with Gasteiger partial charge in [0, 0.05) is 19.8 Å². The van der Waals surface area contributed by atoms with E-state index >= 15 is 0 Å². The first-order valence-electron chi connectivity index (χ1n) is 5.59. The normalized spacial score (nSPS) is 10.9. The third-order valence-corrected chi connectivity index (χ3v) is 2.26. The fraction of sp³-hybridized carbons (Fsp3) is 0.500. The number of nitrogens with one attached hydrogen (secondary N) is 2. The third-order valence-electron chi connectivity index (χ3n) is 2.26. The van der Waals surface area contributed by atoms with Crippen LogP contribution in [0.2, 0.25) is 0 Å². The number of nitrogens with two attached hydrogens (primary N) is 1. The molecule has 0 unspecified atom stereocenters. The summed E-state index contributed by atoms with van der Waals surface area (Å²) >= 11 is 0. The fourth-order valence-corrected chi connectivity index (χ4v) is 1.50. The maximum atomic E-state index is 5.60. The smallest absolute Gasteiger partial charge is 0.224 e. The number of hydrogen-bond donors (Lipinski definition) is 3. The molecular weight excluding hydrogens is 220 g/mol. The summed E-state index contributed by atoms with van der Waals surface area (Å²) in [6.45, 7) is 4.21. The minimum absolute atomic E-state index is 0.231. The van der Waals surface area contributed by atoms with E-state index in [0.29, 0.717) is 17.0 Å². The number of fused-ring (bicyclic) bond motifs is 1. The van der Waals surface area contributed by atoms with Crippen molar-refractivity contribution >= 4 is 22.9 Å². The number of ether oxygens (including phenoxy) is 1. The van der Waals surface area contributed by atoms with Gasteiger partial charge in [0.05, 0.1) is 6.33 Å². The van der Waals surface area contributed by atoms with E-state index in [0.717, 1.165) is 26.2 Å². The number of aromatic nitrogens is 4. The van der Waals surface area contributed by atoms with Crippen LogP contribution in [0, 0.1) is 0 Å². The van der Waals surface area contributed by atoms with E-state index < -0.39 is 0 Å². The number of imidazole rings is 1. The number of H-pyrrole nitrogens is 1. The number of nitrogen functional groups attached to an aromatic ring is 1. The summed E-state index contributed by atoms with van der Waals surface area (Å²) in [6, 6.07) is 0. The molecule has 0 aliphatic carbocycles. The van der Waals surface area contributed by atoms with Crippen LogP contribution >= 0.6 is 0 Å². The third kappa shape index (κ3) is 2.82. The molecule has 0 saturated carbocycles. The van der Waals surface area contributed by atoms with Crippen LogP contribution in [0.4, 0.5) is 11.8 Å². The quantitative estimate of drug-likeness (QED) is 0.640. The molecule has 2 rings (SSSR count). The second-order valence-corrected chi connectivity index (χ2v) is 3.51. The molecule has 17 heavy (non-hydrogen) atoms. The van der Waals surface area contributed by atoms with Crippen molar-refractivity contribution in [1.29, 1.82) is 0 Å². The summed E-state index contributed by atoms with van der Waals surface area (Å²) in [5.74, 6) is 0.888. The summed E-state index contributed by atoms with van der Waals surface area (Å²) in [6.07, 6.45) is 2.48. The van der Waals surface area contributed by atoms with Crippen LogP contribution < -0.4 is 11.1 Å². The van der Waals surface area contributed by atoms with Crippen molar-refractivity contribution in [3.63, 3.8) is 0 Å². The Morgan fingerprint density at radius 2 is 2.35 bits per heavy atom. The van der Waals surface area contributed by atoms with Gasteiger partial charge in [0.15, 0.2) is 11.5 Å². The van der Waals surface area contributed by atoms with Gasteiger partial charge in [0.1, 0.15) is 5.52 Å². The van der Waals surface area contributed by atoms with E-state index in [1.807, 2.05) is 6.92 Å². The first-order valence-corrected chi connectivity index (χ1v) is 5.59. The van der Waals surface area contributed by atoms with E-state index in [1.54, 1.807) is 6.33 Å². The molecule has 0 atom stereocenters. The number of aromatic amines is 1. The lowest BCUT2D eigenvalue weighted by Gasteiger charge is -2.06. The van der Waals surface area contributed by atoms with Crippen molar-refractivity contribution in [1.82, 2.24) is 19.9 Å². The van der Waals surface area contributed by atoms with Crippen molar-refractivity contribution in [3.8, 4) is 0 Å². The largest absolute Gasteiger partial charge is 0.382 e. The molecule has 0 radical (unpaired) electrons. The fourth-order valence-electron chi connectivity index (χ4n) is 1.50. The lowest BCUT2D eigenvalue weighted by molar-refractivity contribution is 0.147. The molecule has 2 heterocycles. The van der Waals surface area contributed by atoms with Crippen LogP contribution in [-0.2, 0) is 4.74 Å². The Balaban J connectivity index is 2.00. The van der Waals surface area contributed by atoms with Gasteiger partial charge in [-0.05, 0) is 13.3 Å². The molecule has 0 bridgehead atoms. The van der Waals surface area contributed by atoms with E-state index in [4.69, 9.17) is 10.5 Å². The van der Waals surface area contributed by atoms with Crippen molar-refractivity contribution < 1.29 is 4.74 Å². The first kappa shape index (κ1) is 11.6. The van der Waals surface area contributed by atoms with Crippen molar-refractivity contribution in [3.05, 3.63) is 6.33 Å². The van der Waals surface area contributed by atoms with Crippen LogP contribution in [0.25, 0.3) is 11.2 Å². The van der Waals surface area contributed by atoms with Gasteiger partial charge < -0.3 is 20.8 Å². The van der Waals surface area contributed by atoms with Gasteiger partial charge in [0.2, 0.25) is 5.95 Å². The predicted molar refractivity (Wildman–Crippen MR) is 65.7 cm³/mol. The first-order chi connectivity index (χ1) is 8.31. The monoisotopic (exact) mass is 236 g/mol. The van der Waals surface area contributed by atoms with Crippen LogP contribution in [0.3, 0.4) is 0 Å². The van der Waals surface area contributed by atoms with Gasteiger partial charge >= 0.3 is 0 Å². The van der Waals surface area contributed by atoms with Gasteiger partial charge in [-0.15, -0.1) is 0 Å². The number of hydrogen-bond acceptors (Lipinski definition) is 6. The second-order valence-electron chi connectivity index (χ2n) is 3.51. The molecule has 7 nitrogen and oxygen atoms in total. The Bertz CT molecular complexity index is 483. The van der Waals surface area contributed by atoms with Crippen LogP contribution in [0.15, 0.2) is 6.33 Å².